The lowest BCUT2D eigenvalue weighted by Crippen LogP contribution is -2.41. The summed E-state index contributed by atoms with van der Waals surface area (Å²) in [7, 11) is 0. The van der Waals surface area contributed by atoms with Crippen LogP contribution >= 0.6 is 0 Å². The maximum atomic E-state index is 10.7. The molecule has 2 saturated carbocycles. The van der Waals surface area contributed by atoms with E-state index in [0.717, 1.165) is 37.0 Å². The van der Waals surface area contributed by atoms with Crippen molar-refractivity contribution in [2.45, 2.75) is 52.4 Å². The SMILES string of the molecule is C[C@@H](CC=O)[C@H]1CCC2C(CN)CCCC21C. The van der Waals surface area contributed by atoms with Gasteiger partial charge in [-0.1, -0.05) is 20.3 Å². The van der Waals surface area contributed by atoms with Crippen molar-refractivity contribution < 1.29 is 4.79 Å². The molecule has 98 valence electrons. The Labute approximate surface area is 105 Å². The van der Waals surface area contributed by atoms with Gasteiger partial charge in [-0.15, -0.1) is 0 Å². The molecule has 0 amide bonds. The molecule has 0 heterocycles. The molecule has 2 aliphatic carbocycles. The Hall–Kier alpha value is -0.370. The topological polar surface area (TPSA) is 43.1 Å². The Morgan fingerprint density at radius 2 is 2.18 bits per heavy atom. The predicted molar refractivity (Wildman–Crippen MR) is 70.6 cm³/mol. The molecule has 17 heavy (non-hydrogen) atoms. The number of nitrogens with two attached hydrogens (primary N) is 1. The van der Waals surface area contributed by atoms with Gasteiger partial charge in [0.25, 0.3) is 0 Å². The summed E-state index contributed by atoms with van der Waals surface area (Å²) >= 11 is 0. The molecule has 2 aliphatic rings. The molecule has 5 atom stereocenters. The first-order valence-corrected chi connectivity index (χ1v) is 7.27. The second kappa shape index (κ2) is 5.09. The largest absolute Gasteiger partial charge is 0.330 e. The van der Waals surface area contributed by atoms with E-state index in [-0.39, 0.29) is 0 Å². The summed E-state index contributed by atoms with van der Waals surface area (Å²) in [6.45, 7) is 5.59. The van der Waals surface area contributed by atoms with Crippen LogP contribution < -0.4 is 5.73 Å². The van der Waals surface area contributed by atoms with Gasteiger partial charge in [0.15, 0.2) is 0 Å². The first kappa shape index (κ1) is 13.1. The zero-order valence-corrected chi connectivity index (χ0v) is 11.3. The number of rotatable bonds is 4. The van der Waals surface area contributed by atoms with Gasteiger partial charge in [0.2, 0.25) is 0 Å². The predicted octanol–water partition coefficient (Wildman–Crippen LogP) is 3.00. The molecule has 0 aromatic heterocycles. The number of hydrogen-bond acceptors (Lipinski definition) is 2. The van der Waals surface area contributed by atoms with Crippen LogP contribution in [0.4, 0.5) is 0 Å². The molecule has 2 N–H and O–H groups in total. The summed E-state index contributed by atoms with van der Waals surface area (Å²) in [5.74, 6) is 2.86. The minimum Gasteiger partial charge on any atom is -0.330 e. The first-order valence-electron chi connectivity index (χ1n) is 7.27. The number of carbonyl (C=O) groups is 1. The third kappa shape index (κ3) is 2.16. The minimum absolute atomic E-state index is 0.463. The lowest BCUT2D eigenvalue weighted by atomic mass is 9.59. The van der Waals surface area contributed by atoms with Crippen molar-refractivity contribution in [1.29, 1.82) is 0 Å². The quantitative estimate of drug-likeness (QED) is 0.764. The van der Waals surface area contributed by atoms with Crippen molar-refractivity contribution >= 4 is 6.29 Å². The fourth-order valence-corrected chi connectivity index (χ4v) is 4.92. The van der Waals surface area contributed by atoms with Gasteiger partial charge in [0, 0.05) is 6.42 Å². The van der Waals surface area contributed by atoms with Crippen molar-refractivity contribution in [3.8, 4) is 0 Å². The molecule has 0 aliphatic heterocycles. The van der Waals surface area contributed by atoms with Gasteiger partial charge in [-0.05, 0) is 61.3 Å². The van der Waals surface area contributed by atoms with Crippen molar-refractivity contribution in [1.82, 2.24) is 0 Å². The Balaban J connectivity index is 2.14. The zero-order valence-electron chi connectivity index (χ0n) is 11.3. The molecule has 2 rings (SSSR count). The molecule has 0 spiro atoms. The molecule has 2 fully saturated rings. The van der Waals surface area contributed by atoms with Crippen molar-refractivity contribution in [2.24, 2.45) is 34.8 Å². The Kier molecular flexibility index (Phi) is 3.92. The fraction of sp³-hybridized carbons (Fsp3) is 0.933. The smallest absolute Gasteiger partial charge is 0.120 e. The van der Waals surface area contributed by atoms with E-state index in [9.17, 15) is 4.79 Å². The van der Waals surface area contributed by atoms with Crippen LogP contribution in [0.15, 0.2) is 0 Å². The highest BCUT2D eigenvalue weighted by Crippen LogP contribution is 2.59. The van der Waals surface area contributed by atoms with Crippen molar-refractivity contribution in [3.63, 3.8) is 0 Å². The minimum atomic E-state index is 0.463. The third-order valence-corrected chi connectivity index (χ3v) is 5.80. The van der Waals surface area contributed by atoms with E-state index in [1.54, 1.807) is 0 Å². The van der Waals surface area contributed by atoms with Crippen molar-refractivity contribution in [3.05, 3.63) is 0 Å². The summed E-state index contributed by atoms with van der Waals surface area (Å²) in [5, 5.41) is 0. The van der Waals surface area contributed by atoms with E-state index in [1.807, 2.05) is 0 Å². The zero-order chi connectivity index (χ0) is 12.5. The van der Waals surface area contributed by atoms with Crippen LogP contribution in [0.25, 0.3) is 0 Å². The van der Waals surface area contributed by atoms with E-state index >= 15 is 0 Å². The average Bonchev–Trinajstić information content (AvgIpc) is 2.66. The van der Waals surface area contributed by atoms with Crippen LogP contribution in [0.1, 0.15) is 52.4 Å². The second-order valence-electron chi connectivity index (χ2n) is 6.56. The van der Waals surface area contributed by atoms with Gasteiger partial charge in [-0.25, -0.2) is 0 Å². The van der Waals surface area contributed by atoms with Crippen LogP contribution in [0.3, 0.4) is 0 Å². The molecule has 0 radical (unpaired) electrons. The van der Waals surface area contributed by atoms with E-state index in [0.29, 0.717) is 11.3 Å². The fourth-order valence-electron chi connectivity index (χ4n) is 4.92. The van der Waals surface area contributed by atoms with Gasteiger partial charge in [0.1, 0.15) is 6.29 Å². The van der Waals surface area contributed by atoms with Gasteiger partial charge in [-0.2, -0.15) is 0 Å². The van der Waals surface area contributed by atoms with Crippen LogP contribution in [0.5, 0.6) is 0 Å². The number of hydrogen-bond donors (Lipinski definition) is 1. The number of fused-ring (bicyclic) bond motifs is 1. The maximum Gasteiger partial charge on any atom is 0.120 e. The summed E-state index contributed by atoms with van der Waals surface area (Å²) in [6, 6.07) is 0. The highest BCUT2D eigenvalue weighted by molar-refractivity contribution is 5.49. The first-order chi connectivity index (χ1) is 8.13. The van der Waals surface area contributed by atoms with Crippen LogP contribution in [0.2, 0.25) is 0 Å². The number of carbonyl (C=O) groups excluding carboxylic acids is 1. The standard InChI is InChI=1S/C15H27NO/c1-11(7-9-17)13-5-6-14-12(10-16)4-3-8-15(13,14)2/h9,11-14H,3-8,10,16H2,1-2H3/t11-,12?,13+,14?,15?/m0/s1. The molecule has 0 aromatic rings. The van der Waals surface area contributed by atoms with E-state index in [1.165, 1.54) is 32.1 Å². The molecule has 3 unspecified atom stereocenters. The molecular weight excluding hydrogens is 210 g/mol. The molecule has 0 aromatic carbocycles. The van der Waals surface area contributed by atoms with Gasteiger partial charge in [-0.3, -0.25) is 0 Å². The normalized spacial score (nSPS) is 43.1. The average molecular weight is 237 g/mol. The van der Waals surface area contributed by atoms with Crippen LogP contribution in [0, 0.1) is 29.1 Å². The third-order valence-electron chi connectivity index (χ3n) is 5.80. The number of aldehydes is 1. The van der Waals surface area contributed by atoms with Gasteiger partial charge in [0.05, 0.1) is 0 Å². The Morgan fingerprint density at radius 1 is 1.41 bits per heavy atom. The highest BCUT2D eigenvalue weighted by Gasteiger charge is 2.51. The molecular formula is C15H27NO. The van der Waals surface area contributed by atoms with E-state index < -0.39 is 0 Å². The summed E-state index contributed by atoms with van der Waals surface area (Å²) in [4.78, 5) is 10.7. The van der Waals surface area contributed by atoms with Gasteiger partial charge < -0.3 is 10.5 Å². The summed E-state index contributed by atoms with van der Waals surface area (Å²) < 4.78 is 0. The van der Waals surface area contributed by atoms with E-state index in [2.05, 4.69) is 13.8 Å². The highest BCUT2D eigenvalue weighted by atomic mass is 16.1. The summed E-state index contributed by atoms with van der Waals surface area (Å²) in [6.07, 6.45) is 8.50. The van der Waals surface area contributed by atoms with Crippen molar-refractivity contribution in [2.75, 3.05) is 6.54 Å². The lowest BCUT2D eigenvalue weighted by molar-refractivity contribution is -0.109. The lowest BCUT2D eigenvalue weighted by Gasteiger charge is -2.46. The summed E-state index contributed by atoms with van der Waals surface area (Å²) in [5.41, 5.74) is 6.41. The molecule has 2 heteroatoms. The molecule has 2 nitrogen and oxygen atoms in total. The monoisotopic (exact) mass is 237 g/mol. The Morgan fingerprint density at radius 3 is 2.82 bits per heavy atom. The second-order valence-corrected chi connectivity index (χ2v) is 6.56. The van der Waals surface area contributed by atoms with Crippen LogP contribution in [-0.2, 0) is 4.79 Å². The molecule has 0 saturated heterocycles. The Bertz CT molecular complexity index is 278. The molecule has 0 bridgehead atoms. The van der Waals surface area contributed by atoms with Gasteiger partial charge >= 0.3 is 0 Å². The maximum absolute atomic E-state index is 10.7. The van der Waals surface area contributed by atoms with E-state index in [4.69, 9.17) is 5.73 Å². The van der Waals surface area contributed by atoms with Crippen LogP contribution in [-0.4, -0.2) is 12.8 Å².